The monoisotopic (exact) mass is 343 g/mol. The SMILES string of the molecule is NC(c1ccccc1)C(OC(=O)C=Cc1ccccc1)c1ccccc1. The molecule has 2 unspecified atom stereocenters. The van der Waals surface area contributed by atoms with Crippen molar-refractivity contribution in [1.29, 1.82) is 0 Å². The zero-order valence-corrected chi connectivity index (χ0v) is 14.4. The highest BCUT2D eigenvalue weighted by molar-refractivity contribution is 5.87. The van der Waals surface area contributed by atoms with E-state index in [1.54, 1.807) is 6.08 Å². The van der Waals surface area contributed by atoms with Gasteiger partial charge in [0.1, 0.15) is 6.10 Å². The molecule has 0 saturated carbocycles. The number of carbonyl (C=O) groups excluding carboxylic acids is 1. The highest BCUT2D eigenvalue weighted by atomic mass is 16.5. The third-order valence-electron chi connectivity index (χ3n) is 4.09. The van der Waals surface area contributed by atoms with Crippen molar-refractivity contribution in [3.8, 4) is 0 Å². The lowest BCUT2D eigenvalue weighted by Crippen LogP contribution is -2.24. The molecule has 0 heterocycles. The molecule has 0 aliphatic carbocycles. The zero-order valence-electron chi connectivity index (χ0n) is 14.4. The summed E-state index contributed by atoms with van der Waals surface area (Å²) in [6.45, 7) is 0. The van der Waals surface area contributed by atoms with Crippen LogP contribution < -0.4 is 5.73 Å². The molecular weight excluding hydrogens is 322 g/mol. The molecule has 0 spiro atoms. The van der Waals surface area contributed by atoms with Crippen LogP contribution in [0.2, 0.25) is 0 Å². The third kappa shape index (κ3) is 4.68. The summed E-state index contributed by atoms with van der Waals surface area (Å²) in [7, 11) is 0. The van der Waals surface area contributed by atoms with E-state index in [1.165, 1.54) is 6.08 Å². The number of nitrogens with two attached hydrogens (primary N) is 1. The number of benzene rings is 3. The highest BCUT2D eigenvalue weighted by Gasteiger charge is 2.24. The molecule has 0 aliphatic rings. The Morgan fingerprint density at radius 2 is 1.27 bits per heavy atom. The van der Waals surface area contributed by atoms with Gasteiger partial charge in [0.05, 0.1) is 6.04 Å². The summed E-state index contributed by atoms with van der Waals surface area (Å²) < 4.78 is 5.72. The second kappa shape index (κ2) is 8.79. The van der Waals surface area contributed by atoms with E-state index in [1.807, 2.05) is 91.0 Å². The number of esters is 1. The van der Waals surface area contributed by atoms with Gasteiger partial charge in [-0.15, -0.1) is 0 Å². The van der Waals surface area contributed by atoms with E-state index in [2.05, 4.69) is 0 Å². The molecule has 0 aromatic heterocycles. The molecule has 3 rings (SSSR count). The van der Waals surface area contributed by atoms with Crippen LogP contribution in [-0.4, -0.2) is 5.97 Å². The summed E-state index contributed by atoms with van der Waals surface area (Å²) in [6.07, 6.45) is 2.60. The second-order valence-electron chi connectivity index (χ2n) is 5.95. The lowest BCUT2D eigenvalue weighted by Gasteiger charge is -2.24. The average molecular weight is 343 g/mol. The highest BCUT2D eigenvalue weighted by Crippen LogP contribution is 2.30. The van der Waals surface area contributed by atoms with Crippen molar-refractivity contribution in [2.75, 3.05) is 0 Å². The molecule has 26 heavy (non-hydrogen) atoms. The Morgan fingerprint density at radius 1 is 0.769 bits per heavy atom. The molecule has 0 saturated heterocycles. The van der Waals surface area contributed by atoms with Gasteiger partial charge in [-0.05, 0) is 22.8 Å². The van der Waals surface area contributed by atoms with Gasteiger partial charge in [0.15, 0.2) is 0 Å². The smallest absolute Gasteiger partial charge is 0.331 e. The summed E-state index contributed by atoms with van der Waals surface area (Å²) >= 11 is 0. The quantitative estimate of drug-likeness (QED) is 0.522. The lowest BCUT2D eigenvalue weighted by molar-refractivity contribution is -0.144. The first-order valence-corrected chi connectivity index (χ1v) is 8.53. The maximum atomic E-state index is 12.4. The van der Waals surface area contributed by atoms with Crippen molar-refractivity contribution < 1.29 is 9.53 Å². The van der Waals surface area contributed by atoms with E-state index in [9.17, 15) is 4.79 Å². The van der Waals surface area contributed by atoms with Gasteiger partial charge in [0, 0.05) is 6.08 Å². The number of carbonyl (C=O) groups is 1. The van der Waals surface area contributed by atoms with Gasteiger partial charge in [0.2, 0.25) is 0 Å². The molecule has 3 heteroatoms. The van der Waals surface area contributed by atoms with Gasteiger partial charge in [0.25, 0.3) is 0 Å². The first kappa shape index (κ1) is 17.6. The molecule has 0 bridgehead atoms. The topological polar surface area (TPSA) is 52.3 Å². The number of hydrogen-bond acceptors (Lipinski definition) is 3. The van der Waals surface area contributed by atoms with E-state index in [4.69, 9.17) is 10.5 Å². The predicted molar refractivity (Wildman–Crippen MR) is 104 cm³/mol. The minimum Gasteiger partial charge on any atom is -0.452 e. The van der Waals surface area contributed by atoms with Crippen molar-refractivity contribution in [1.82, 2.24) is 0 Å². The maximum Gasteiger partial charge on any atom is 0.331 e. The van der Waals surface area contributed by atoms with Crippen molar-refractivity contribution in [3.63, 3.8) is 0 Å². The summed E-state index contributed by atoms with van der Waals surface area (Å²) in [5.41, 5.74) is 9.15. The van der Waals surface area contributed by atoms with Gasteiger partial charge in [-0.2, -0.15) is 0 Å². The Balaban J connectivity index is 1.80. The summed E-state index contributed by atoms with van der Waals surface area (Å²) in [5, 5.41) is 0. The molecule has 0 amide bonds. The van der Waals surface area contributed by atoms with Gasteiger partial charge in [-0.1, -0.05) is 91.0 Å². The minimum atomic E-state index is -0.563. The lowest BCUT2D eigenvalue weighted by atomic mass is 9.96. The van der Waals surface area contributed by atoms with Crippen molar-refractivity contribution in [2.24, 2.45) is 5.73 Å². The van der Waals surface area contributed by atoms with Crippen LogP contribution in [0.4, 0.5) is 0 Å². The van der Waals surface area contributed by atoms with Crippen LogP contribution in [0.3, 0.4) is 0 Å². The summed E-state index contributed by atoms with van der Waals surface area (Å²) in [4.78, 5) is 12.4. The zero-order chi connectivity index (χ0) is 18.2. The van der Waals surface area contributed by atoms with Crippen molar-refractivity contribution in [3.05, 3.63) is 114 Å². The Bertz CT molecular complexity index is 845. The second-order valence-corrected chi connectivity index (χ2v) is 5.95. The van der Waals surface area contributed by atoms with Crippen LogP contribution in [0, 0.1) is 0 Å². The van der Waals surface area contributed by atoms with Crippen molar-refractivity contribution >= 4 is 12.0 Å². The molecule has 2 atom stereocenters. The number of rotatable bonds is 6. The van der Waals surface area contributed by atoms with E-state index in [-0.39, 0.29) is 0 Å². The first-order valence-electron chi connectivity index (χ1n) is 8.53. The Labute approximate surface area is 153 Å². The minimum absolute atomic E-state index is 0.422. The summed E-state index contributed by atoms with van der Waals surface area (Å²) in [5.74, 6) is -0.422. The number of ether oxygens (including phenoxy) is 1. The normalized spacial score (nSPS) is 13.3. The van der Waals surface area contributed by atoms with Crippen molar-refractivity contribution in [2.45, 2.75) is 12.1 Å². The number of hydrogen-bond donors (Lipinski definition) is 1. The fraction of sp³-hybridized carbons (Fsp3) is 0.0870. The molecule has 2 N–H and O–H groups in total. The fourth-order valence-electron chi connectivity index (χ4n) is 2.73. The molecule has 3 aromatic carbocycles. The molecule has 3 nitrogen and oxygen atoms in total. The molecule has 0 fully saturated rings. The van der Waals surface area contributed by atoms with Crippen LogP contribution >= 0.6 is 0 Å². The maximum absolute atomic E-state index is 12.4. The Kier molecular flexibility index (Phi) is 5.96. The van der Waals surface area contributed by atoms with E-state index >= 15 is 0 Å². The average Bonchev–Trinajstić information content (AvgIpc) is 2.72. The third-order valence-corrected chi connectivity index (χ3v) is 4.09. The summed E-state index contributed by atoms with van der Waals surface area (Å²) in [6, 6.07) is 28.4. The van der Waals surface area contributed by atoms with Gasteiger partial charge in [-0.25, -0.2) is 4.79 Å². The van der Waals surface area contributed by atoms with E-state index < -0.39 is 18.1 Å². The molecular formula is C23H21NO2. The van der Waals surface area contributed by atoms with Gasteiger partial charge in [-0.3, -0.25) is 0 Å². The van der Waals surface area contributed by atoms with Crippen LogP contribution in [0.25, 0.3) is 6.08 Å². The Hall–Kier alpha value is -3.17. The molecule has 0 radical (unpaired) electrons. The van der Waals surface area contributed by atoms with Crippen LogP contribution in [-0.2, 0) is 9.53 Å². The molecule has 3 aromatic rings. The largest absolute Gasteiger partial charge is 0.452 e. The Morgan fingerprint density at radius 3 is 1.85 bits per heavy atom. The standard InChI is InChI=1S/C23H21NO2/c24-22(19-12-6-2-7-13-19)23(20-14-8-3-9-15-20)26-21(25)17-16-18-10-4-1-5-11-18/h1-17,22-23H,24H2. The predicted octanol–water partition coefficient (Wildman–Crippen LogP) is 4.68. The molecule has 130 valence electrons. The molecule has 0 aliphatic heterocycles. The van der Waals surface area contributed by atoms with Crippen LogP contribution in [0.1, 0.15) is 28.8 Å². The van der Waals surface area contributed by atoms with Crippen LogP contribution in [0.5, 0.6) is 0 Å². The van der Waals surface area contributed by atoms with Crippen LogP contribution in [0.15, 0.2) is 97.1 Å². The van der Waals surface area contributed by atoms with Gasteiger partial charge >= 0.3 is 5.97 Å². The van der Waals surface area contributed by atoms with Gasteiger partial charge < -0.3 is 10.5 Å². The van der Waals surface area contributed by atoms with E-state index in [0.717, 1.165) is 16.7 Å². The fourth-order valence-corrected chi connectivity index (χ4v) is 2.73. The van der Waals surface area contributed by atoms with E-state index in [0.29, 0.717) is 0 Å². The first-order chi connectivity index (χ1) is 12.7.